The van der Waals surface area contributed by atoms with Crippen molar-refractivity contribution in [3.8, 4) is 0 Å². The van der Waals surface area contributed by atoms with Gasteiger partial charge < -0.3 is 5.73 Å². The van der Waals surface area contributed by atoms with E-state index in [0.29, 0.717) is 16.1 Å². The molecule has 2 aromatic carbocycles. The van der Waals surface area contributed by atoms with Crippen molar-refractivity contribution in [3.05, 3.63) is 62.3 Å². The fourth-order valence-electron chi connectivity index (χ4n) is 1.70. The van der Waals surface area contributed by atoms with Crippen molar-refractivity contribution in [3.63, 3.8) is 0 Å². The van der Waals surface area contributed by atoms with E-state index in [4.69, 9.17) is 40.5 Å². The van der Waals surface area contributed by atoms with Gasteiger partial charge in [0, 0.05) is 17.0 Å². The van der Waals surface area contributed by atoms with E-state index >= 15 is 0 Å². The van der Waals surface area contributed by atoms with Crippen LogP contribution in [0.1, 0.15) is 15.9 Å². The number of carbonyl (C=O) groups is 1. The molecule has 0 fully saturated rings. The largest absolute Gasteiger partial charge is 0.396 e. The van der Waals surface area contributed by atoms with Gasteiger partial charge in [-0.15, -0.1) is 0 Å². The maximum atomic E-state index is 13.2. The third-order valence-corrected chi connectivity index (χ3v) is 3.75. The minimum absolute atomic E-state index is 0.0484. The molecule has 0 radical (unpaired) electrons. The predicted molar refractivity (Wildman–Crippen MR) is 80.3 cm³/mol. The first-order chi connectivity index (χ1) is 9.38. The van der Waals surface area contributed by atoms with Gasteiger partial charge in [0.25, 0.3) is 0 Å². The van der Waals surface area contributed by atoms with Crippen molar-refractivity contribution in [2.45, 2.75) is 6.42 Å². The first kappa shape index (κ1) is 15.1. The van der Waals surface area contributed by atoms with Crippen LogP contribution in [-0.4, -0.2) is 5.78 Å². The van der Waals surface area contributed by atoms with Gasteiger partial charge in [-0.3, -0.25) is 4.79 Å². The molecule has 20 heavy (non-hydrogen) atoms. The number of hydrogen-bond acceptors (Lipinski definition) is 2. The minimum Gasteiger partial charge on any atom is -0.396 e. The third-order valence-electron chi connectivity index (χ3n) is 2.76. The zero-order chi connectivity index (χ0) is 14.9. The Morgan fingerprint density at radius 2 is 1.65 bits per heavy atom. The van der Waals surface area contributed by atoms with Gasteiger partial charge in [-0.25, -0.2) is 4.39 Å². The standard InChI is InChI=1S/C14H9Cl3FNO/c15-10-2-1-9(18)3-7(10)6-13(20)8-4-11(16)14(19)12(17)5-8/h1-5H,6,19H2. The Hall–Kier alpha value is -1.29. The van der Waals surface area contributed by atoms with Crippen molar-refractivity contribution in [1.29, 1.82) is 0 Å². The Kier molecular flexibility index (Phi) is 4.53. The summed E-state index contributed by atoms with van der Waals surface area (Å²) in [6.07, 6.45) is -0.0484. The molecule has 2 N–H and O–H groups in total. The quantitative estimate of drug-likeness (QED) is 0.648. The smallest absolute Gasteiger partial charge is 0.167 e. The van der Waals surface area contributed by atoms with Gasteiger partial charge in [-0.1, -0.05) is 34.8 Å². The number of benzene rings is 2. The Labute approximate surface area is 130 Å². The number of ketones is 1. The van der Waals surface area contributed by atoms with Crippen LogP contribution in [0.4, 0.5) is 10.1 Å². The first-order valence-corrected chi connectivity index (χ1v) is 6.73. The van der Waals surface area contributed by atoms with E-state index in [1.165, 1.54) is 30.3 Å². The van der Waals surface area contributed by atoms with Crippen LogP contribution < -0.4 is 5.73 Å². The topological polar surface area (TPSA) is 43.1 Å². The number of Topliss-reactive ketones (excluding diaryl/α,β-unsaturated/α-hetero) is 1. The van der Waals surface area contributed by atoms with Crippen LogP contribution in [0.3, 0.4) is 0 Å². The van der Waals surface area contributed by atoms with E-state index in [1.807, 2.05) is 0 Å². The second-order valence-corrected chi connectivity index (χ2v) is 5.41. The lowest BCUT2D eigenvalue weighted by Crippen LogP contribution is -2.05. The molecule has 104 valence electrons. The highest BCUT2D eigenvalue weighted by molar-refractivity contribution is 6.39. The zero-order valence-corrected chi connectivity index (χ0v) is 12.4. The number of nitrogen functional groups attached to an aromatic ring is 1. The van der Waals surface area contributed by atoms with Gasteiger partial charge >= 0.3 is 0 Å². The fraction of sp³-hybridized carbons (Fsp3) is 0.0714. The van der Waals surface area contributed by atoms with Crippen LogP contribution in [0.5, 0.6) is 0 Å². The third kappa shape index (κ3) is 3.23. The summed E-state index contributed by atoms with van der Waals surface area (Å²) < 4.78 is 13.2. The van der Waals surface area contributed by atoms with Crippen LogP contribution in [-0.2, 0) is 6.42 Å². The summed E-state index contributed by atoms with van der Waals surface area (Å²) in [4.78, 5) is 12.2. The summed E-state index contributed by atoms with van der Waals surface area (Å²) in [6, 6.07) is 6.72. The van der Waals surface area contributed by atoms with E-state index in [-0.39, 0.29) is 27.9 Å². The van der Waals surface area contributed by atoms with Crippen LogP contribution in [0.15, 0.2) is 30.3 Å². The van der Waals surface area contributed by atoms with Gasteiger partial charge in [-0.2, -0.15) is 0 Å². The van der Waals surface area contributed by atoms with Crippen molar-refractivity contribution in [1.82, 2.24) is 0 Å². The Balaban J connectivity index is 2.31. The van der Waals surface area contributed by atoms with Gasteiger partial charge in [0.1, 0.15) is 5.82 Å². The molecule has 0 saturated carbocycles. The minimum atomic E-state index is -0.453. The molecule has 0 unspecified atom stereocenters. The van der Waals surface area contributed by atoms with Crippen LogP contribution in [0.2, 0.25) is 15.1 Å². The predicted octanol–water partition coefficient (Wildman–Crippen LogP) is 4.79. The second kappa shape index (κ2) is 6.00. The Morgan fingerprint density at radius 3 is 2.25 bits per heavy atom. The molecule has 2 nitrogen and oxygen atoms in total. The summed E-state index contributed by atoms with van der Waals surface area (Å²) >= 11 is 17.7. The zero-order valence-electron chi connectivity index (χ0n) is 10.1. The van der Waals surface area contributed by atoms with Crippen molar-refractivity contribution in [2.75, 3.05) is 5.73 Å². The highest BCUT2D eigenvalue weighted by Gasteiger charge is 2.14. The average molecular weight is 333 g/mol. The van der Waals surface area contributed by atoms with E-state index in [0.717, 1.165) is 0 Å². The van der Waals surface area contributed by atoms with Gasteiger partial charge in [-0.05, 0) is 35.9 Å². The van der Waals surface area contributed by atoms with Gasteiger partial charge in [0.2, 0.25) is 0 Å². The van der Waals surface area contributed by atoms with E-state index in [2.05, 4.69) is 0 Å². The molecule has 0 saturated heterocycles. The SMILES string of the molecule is Nc1c(Cl)cc(C(=O)Cc2cc(F)ccc2Cl)cc1Cl. The monoisotopic (exact) mass is 331 g/mol. The van der Waals surface area contributed by atoms with Crippen LogP contribution in [0, 0.1) is 5.82 Å². The Bertz CT molecular complexity index is 665. The number of halogens is 4. The number of rotatable bonds is 3. The number of anilines is 1. The summed E-state index contributed by atoms with van der Waals surface area (Å²) in [5.74, 6) is -0.730. The van der Waals surface area contributed by atoms with E-state index in [9.17, 15) is 9.18 Å². The molecule has 2 rings (SSSR count). The molecule has 2 aromatic rings. The van der Waals surface area contributed by atoms with Crippen molar-refractivity contribution >= 4 is 46.3 Å². The van der Waals surface area contributed by atoms with Crippen LogP contribution in [0.25, 0.3) is 0 Å². The Morgan fingerprint density at radius 1 is 1.05 bits per heavy atom. The second-order valence-electron chi connectivity index (χ2n) is 4.19. The van der Waals surface area contributed by atoms with Gasteiger partial charge in [0.15, 0.2) is 5.78 Å². The molecule has 0 atom stereocenters. The van der Waals surface area contributed by atoms with Crippen molar-refractivity contribution < 1.29 is 9.18 Å². The van der Waals surface area contributed by atoms with E-state index < -0.39 is 5.82 Å². The molecule has 0 aromatic heterocycles. The summed E-state index contributed by atoms with van der Waals surface area (Å²) in [6.45, 7) is 0. The summed E-state index contributed by atoms with van der Waals surface area (Å²) in [7, 11) is 0. The fourth-order valence-corrected chi connectivity index (χ4v) is 2.37. The number of carbonyl (C=O) groups excluding carboxylic acids is 1. The molecular formula is C14H9Cl3FNO. The van der Waals surface area contributed by atoms with E-state index in [1.54, 1.807) is 0 Å². The van der Waals surface area contributed by atoms with Gasteiger partial charge in [0.05, 0.1) is 15.7 Å². The normalized spacial score (nSPS) is 10.6. The lowest BCUT2D eigenvalue weighted by molar-refractivity contribution is 0.0993. The molecular weight excluding hydrogens is 324 g/mol. The van der Waals surface area contributed by atoms with Crippen molar-refractivity contribution in [2.24, 2.45) is 0 Å². The molecule has 0 spiro atoms. The maximum Gasteiger partial charge on any atom is 0.167 e. The van der Waals surface area contributed by atoms with Crippen LogP contribution >= 0.6 is 34.8 Å². The summed E-state index contributed by atoms with van der Waals surface area (Å²) in [5, 5.41) is 0.727. The molecule has 0 amide bonds. The summed E-state index contributed by atoms with van der Waals surface area (Å²) in [5.41, 5.74) is 6.52. The highest BCUT2D eigenvalue weighted by atomic mass is 35.5. The highest BCUT2D eigenvalue weighted by Crippen LogP contribution is 2.29. The molecule has 0 aliphatic heterocycles. The molecule has 0 bridgehead atoms. The molecule has 6 heteroatoms. The number of hydrogen-bond donors (Lipinski definition) is 1. The number of nitrogens with two attached hydrogens (primary N) is 1. The maximum absolute atomic E-state index is 13.2. The lowest BCUT2D eigenvalue weighted by atomic mass is 10.0. The lowest BCUT2D eigenvalue weighted by Gasteiger charge is -2.07. The average Bonchev–Trinajstić information content (AvgIpc) is 2.39. The molecule has 0 heterocycles. The first-order valence-electron chi connectivity index (χ1n) is 5.60. The molecule has 0 aliphatic rings. The molecule has 0 aliphatic carbocycles.